The van der Waals surface area contributed by atoms with Gasteiger partial charge in [0, 0.05) is 16.7 Å². The summed E-state index contributed by atoms with van der Waals surface area (Å²) >= 11 is 0. The molecule has 0 aliphatic heterocycles. The Balaban J connectivity index is 1.96. The monoisotopic (exact) mass is 363 g/mol. The molecule has 0 fully saturated rings. The molecule has 128 valence electrons. The van der Waals surface area contributed by atoms with Crippen molar-refractivity contribution in [3.63, 3.8) is 0 Å². The van der Waals surface area contributed by atoms with Crippen molar-refractivity contribution in [2.75, 3.05) is 5.73 Å². The number of nitrogen functional groups attached to an aromatic ring is 1. The van der Waals surface area contributed by atoms with E-state index in [1.54, 1.807) is 36.4 Å². The van der Waals surface area contributed by atoms with Crippen LogP contribution in [-0.4, -0.2) is 20.0 Å². The van der Waals surface area contributed by atoms with E-state index in [9.17, 15) is 18.0 Å². The van der Waals surface area contributed by atoms with Gasteiger partial charge in [-0.15, -0.1) is 0 Å². The Morgan fingerprint density at radius 3 is 1.88 bits per heavy atom. The molecule has 0 bridgehead atoms. The summed E-state index contributed by atoms with van der Waals surface area (Å²) in [6.07, 6.45) is 0. The number of hydrogen-bond donors (Lipinski definition) is 1. The molecule has 1 aliphatic rings. The van der Waals surface area contributed by atoms with Gasteiger partial charge in [0.2, 0.25) is 9.84 Å². The zero-order valence-corrected chi connectivity index (χ0v) is 14.3. The second-order valence-electron chi connectivity index (χ2n) is 5.92. The molecular weight excluding hydrogens is 350 g/mol. The van der Waals surface area contributed by atoms with Crippen molar-refractivity contribution in [3.8, 4) is 0 Å². The zero-order chi connectivity index (χ0) is 18.5. The Kier molecular flexibility index (Phi) is 3.52. The molecule has 0 radical (unpaired) electrons. The van der Waals surface area contributed by atoms with Gasteiger partial charge >= 0.3 is 0 Å². The van der Waals surface area contributed by atoms with Crippen molar-refractivity contribution in [2.24, 2.45) is 0 Å². The first-order valence-corrected chi connectivity index (χ1v) is 9.32. The molecule has 0 amide bonds. The smallest absolute Gasteiger partial charge is 0.208 e. The first kappa shape index (κ1) is 16.2. The number of benzene rings is 3. The van der Waals surface area contributed by atoms with Crippen LogP contribution in [0.2, 0.25) is 0 Å². The minimum absolute atomic E-state index is 0.0503. The van der Waals surface area contributed by atoms with Crippen molar-refractivity contribution in [1.29, 1.82) is 0 Å². The highest BCUT2D eigenvalue weighted by Gasteiger charge is 2.34. The van der Waals surface area contributed by atoms with Gasteiger partial charge in [-0.25, -0.2) is 8.42 Å². The number of anilines is 1. The van der Waals surface area contributed by atoms with E-state index in [4.69, 9.17) is 5.73 Å². The van der Waals surface area contributed by atoms with Crippen LogP contribution in [0.25, 0.3) is 0 Å². The summed E-state index contributed by atoms with van der Waals surface area (Å²) < 4.78 is 25.8. The summed E-state index contributed by atoms with van der Waals surface area (Å²) in [4.78, 5) is 25.4. The molecule has 0 atom stereocenters. The third kappa shape index (κ3) is 2.19. The van der Waals surface area contributed by atoms with Crippen LogP contribution in [0.3, 0.4) is 0 Å². The van der Waals surface area contributed by atoms with Crippen molar-refractivity contribution >= 4 is 27.1 Å². The molecule has 4 rings (SSSR count). The molecule has 0 saturated heterocycles. The highest BCUT2D eigenvalue weighted by molar-refractivity contribution is 7.91. The van der Waals surface area contributed by atoms with Crippen molar-refractivity contribution in [1.82, 2.24) is 0 Å². The lowest BCUT2D eigenvalue weighted by Crippen LogP contribution is -2.23. The molecule has 26 heavy (non-hydrogen) atoms. The summed E-state index contributed by atoms with van der Waals surface area (Å²) in [5.74, 6) is -0.789. The molecule has 0 heterocycles. The van der Waals surface area contributed by atoms with Gasteiger partial charge < -0.3 is 5.73 Å². The first-order chi connectivity index (χ1) is 12.4. The number of carbonyl (C=O) groups is 2. The van der Waals surface area contributed by atoms with E-state index >= 15 is 0 Å². The molecule has 6 heteroatoms. The van der Waals surface area contributed by atoms with Gasteiger partial charge in [0.25, 0.3) is 0 Å². The number of hydrogen-bond acceptors (Lipinski definition) is 5. The maximum absolute atomic E-state index is 12.9. The van der Waals surface area contributed by atoms with Crippen LogP contribution in [0.1, 0.15) is 31.8 Å². The van der Waals surface area contributed by atoms with E-state index in [1.165, 1.54) is 30.3 Å². The Bertz CT molecular complexity index is 1180. The highest BCUT2D eigenvalue weighted by atomic mass is 32.2. The van der Waals surface area contributed by atoms with Crippen LogP contribution >= 0.6 is 0 Å². The fraction of sp³-hybridized carbons (Fsp3) is 0. The number of carbonyl (C=O) groups excluding carboxylic acids is 2. The average Bonchev–Trinajstić information content (AvgIpc) is 2.66. The maximum Gasteiger partial charge on any atom is 0.208 e. The molecule has 0 unspecified atom stereocenters. The van der Waals surface area contributed by atoms with Crippen LogP contribution in [0.5, 0.6) is 0 Å². The Morgan fingerprint density at radius 2 is 1.23 bits per heavy atom. The summed E-state index contributed by atoms with van der Waals surface area (Å²) in [6, 6.07) is 16.9. The summed E-state index contributed by atoms with van der Waals surface area (Å²) in [5.41, 5.74) is 6.49. The number of nitrogens with two attached hydrogens (primary N) is 1. The highest BCUT2D eigenvalue weighted by Crippen LogP contribution is 2.36. The van der Waals surface area contributed by atoms with Gasteiger partial charge in [-0.1, -0.05) is 42.5 Å². The number of sulfone groups is 1. The van der Waals surface area contributed by atoms with Gasteiger partial charge in [-0.05, 0) is 24.3 Å². The third-order valence-corrected chi connectivity index (χ3v) is 6.26. The van der Waals surface area contributed by atoms with Gasteiger partial charge in [-0.3, -0.25) is 9.59 Å². The largest absolute Gasteiger partial charge is 0.397 e. The molecule has 3 aromatic rings. The summed E-state index contributed by atoms with van der Waals surface area (Å²) in [7, 11) is -3.91. The van der Waals surface area contributed by atoms with Crippen LogP contribution in [0, 0.1) is 0 Å². The SMILES string of the molecule is Nc1c(S(=O)(=O)c2ccccc2)ccc2c1C(=O)c1ccccc1C2=O. The quantitative estimate of drug-likeness (QED) is 0.553. The van der Waals surface area contributed by atoms with E-state index in [2.05, 4.69) is 0 Å². The lowest BCUT2D eigenvalue weighted by molar-refractivity contribution is 0.0979. The normalized spacial score (nSPS) is 13.2. The summed E-state index contributed by atoms with van der Waals surface area (Å²) in [5, 5.41) is 0. The Morgan fingerprint density at radius 1 is 0.654 bits per heavy atom. The van der Waals surface area contributed by atoms with E-state index in [-0.39, 0.29) is 38.0 Å². The molecular formula is C20H13NO4S. The molecule has 2 N–H and O–H groups in total. The number of ketones is 2. The zero-order valence-electron chi connectivity index (χ0n) is 13.5. The second-order valence-corrected chi connectivity index (χ2v) is 7.84. The van der Waals surface area contributed by atoms with Crippen LogP contribution < -0.4 is 5.73 Å². The van der Waals surface area contributed by atoms with Gasteiger partial charge in [0.15, 0.2) is 11.6 Å². The van der Waals surface area contributed by atoms with Gasteiger partial charge in [0.05, 0.1) is 21.0 Å². The average molecular weight is 363 g/mol. The molecule has 3 aromatic carbocycles. The van der Waals surface area contributed by atoms with E-state index < -0.39 is 15.6 Å². The predicted octanol–water partition coefficient (Wildman–Crippen LogP) is 2.88. The predicted molar refractivity (Wildman–Crippen MR) is 96.1 cm³/mol. The van der Waals surface area contributed by atoms with E-state index in [0.717, 1.165) is 0 Å². The minimum Gasteiger partial charge on any atom is -0.397 e. The molecule has 5 nitrogen and oxygen atoms in total. The Labute approximate surface area is 150 Å². The number of fused-ring (bicyclic) bond motifs is 2. The van der Waals surface area contributed by atoms with E-state index in [1.807, 2.05) is 0 Å². The maximum atomic E-state index is 12.9. The van der Waals surface area contributed by atoms with Crippen molar-refractivity contribution < 1.29 is 18.0 Å². The molecule has 0 aromatic heterocycles. The minimum atomic E-state index is -3.91. The molecule has 0 saturated carbocycles. The van der Waals surface area contributed by atoms with Crippen molar-refractivity contribution in [2.45, 2.75) is 9.79 Å². The van der Waals surface area contributed by atoms with E-state index in [0.29, 0.717) is 5.56 Å². The number of rotatable bonds is 2. The molecule has 0 spiro atoms. The fourth-order valence-corrected chi connectivity index (χ4v) is 4.56. The third-order valence-electron chi connectivity index (χ3n) is 4.44. The lowest BCUT2D eigenvalue weighted by atomic mass is 9.83. The standard InChI is InChI=1S/C20H13NO4S/c21-18-16(26(24,25)12-6-2-1-3-7-12)11-10-15-17(18)20(23)14-9-5-4-8-13(14)19(15)22/h1-11H,21H2. The van der Waals surface area contributed by atoms with Gasteiger partial charge in [0.1, 0.15) is 0 Å². The Hall–Kier alpha value is -3.25. The second kappa shape index (κ2) is 5.64. The first-order valence-electron chi connectivity index (χ1n) is 7.84. The van der Waals surface area contributed by atoms with Gasteiger partial charge in [-0.2, -0.15) is 0 Å². The summed E-state index contributed by atoms with van der Waals surface area (Å²) in [6.45, 7) is 0. The fourth-order valence-electron chi connectivity index (χ4n) is 3.15. The van der Waals surface area contributed by atoms with Crippen LogP contribution in [-0.2, 0) is 9.84 Å². The lowest BCUT2D eigenvalue weighted by Gasteiger charge is -2.20. The van der Waals surface area contributed by atoms with Crippen molar-refractivity contribution in [3.05, 3.63) is 89.0 Å². The molecule has 1 aliphatic carbocycles. The van der Waals surface area contributed by atoms with Crippen LogP contribution in [0.4, 0.5) is 5.69 Å². The topological polar surface area (TPSA) is 94.3 Å². The van der Waals surface area contributed by atoms with Crippen LogP contribution in [0.15, 0.2) is 76.5 Å².